The zero-order valence-electron chi connectivity index (χ0n) is 22.2. The summed E-state index contributed by atoms with van der Waals surface area (Å²) in [6.45, 7) is 8.72. The van der Waals surface area contributed by atoms with Crippen molar-refractivity contribution in [2.24, 2.45) is 5.92 Å². The molecule has 3 rings (SSSR count). The number of rotatable bonds is 13. The van der Waals surface area contributed by atoms with Gasteiger partial charge in [-0.25, -0.2) is 9.78 Å². The highest BCUT2D eigenvalue weighted by atomic mass is 16.5. The molecule has 1 atom stereocenters. The van der Waals surface area contributed by atoms with Crippen molar-refractivity contribution in [3.63, 3.8) is 0 Å². The number of aromatic nitrogens is 1. The lowest BCUT2D eigenvalue weighted by atomic mass is 9.96. The number of carbonyl (C=O) groups is 2. The monoisotopic (exact) mass is 514 g/mol. The molecule has 1 aromatic carbocycles. The third kappa shape index (κ3) is 8.08. The van der Waals surface area contributed by atoms with Gasteiger partial charge in [-0.2, -0.15) is 0 Å². The molecule has 202 valence electrons. The van der Waals surface area contributed by atoms with Crippen LogP contribution in [0.1, 0.15) is 62.1 Å². The smallest absolute Gasteiger partial charge is 0.340 e. The Morgan fingerprint density at radius 3 is 2.46 bits per heavy atom. The third-order valence-electron chi connectivity index (χ3n) is 6.28. The van der Waals surface area contributed by atoms with Gasteiger partial charge in [0.2, 0.25) is 5.88 Å². The molecule has 1 unspecified atom stereocenters. The van der Waals surface area contributed by atoms with E-state index in [-0.39, 0.29) is 18.4 Å². The van der Waals surface area contributed by atoms with Crippen molar-refractivity contribution in [2.75, 3.05) is 51.5 Å². The van der Waals surface area contributed by atoms with Gasteiger partial charge in [-0.1, -0.05) is 0 Å². The number of ether oxygens (including phenoxy) is 5. The largest absolute Gasteiger partial charge is 0.497 e. The van der Waals surface area contributed by atoms with Gasteiger partial charge in [-0.3, -0.25) is 4.79 Å². The Labute approximate surface area is 219 Å². The van der Waals surface area contributed by atoms with Crippen LogP contribution in [0.5, 0.6) is 11.6 Å². The van der Waals surface area contributed by atoms with Crippen molar-refractivity contribution in [1.82, 2.24) is 4.98 Å². The highest BCUT2D eigenvalue weighted by molar-refractivity contribution is 5.96. The number of carbonyl (C=O) groups excluding carboxylic acids is 2. The van der Waals surface area contributed by atoms with E-state index in [0.717, 1.165) is 37.2 Å². The molecule has 0 N–H and O–H groups in total. The summed E-state index contributed by atoms with van der Waals surface area (Å²) in [5, 5.41) is 0. The summed E-state index contributed by atoms with van der Waals surface area (Å²) in [5.41, 5.74) is 2.21. The zero-order chi connectivity index (χ0) is 26.6. The minimum absolute atomic E-state index is 0.141. The molecule has 0 aliphatic carbocycles. The number of esters is 2. The van der Waals surface area contributed by atoms with Crippen LogP contribution in [0.15, 0.2) is 36.5 Å². The summed E-state index contributed by atoms with van der Waals surface area (Å²) in [6, 6.07) is 9.10. The second-order valence-electron chi connectivity index (χ2n) is 8.73. The number of hydrogen-bond donors (Lipinski definition) is 0. The molecule has 9 heteroatoms. The van der Waals surface area contributed by atoms with Crippen LogP contribution >= 0.6 is 0 Å². The maximum atomic E-state index is 12.5. The van der Waals surface area contributed by atoms with E-state index in [2.05, 4.69) is 9.88 Å². The van der Waals surface area contributed by atoms with Gasteiger partial charge in [0, 0.05) is 38.0 Å². The van der Waals surface area contributed by atoms with E-state index >= 15 is 0 Å². The van der Waals surface area contributed by atoms with Gasteiger partial charge in [-0.15, -0.1) is 0 Å². The lowest BCUT2D eigenvalue weighted by molar-refractivity contribution is -0.146. The van der Waals surface area contributed by atoms with Crippen LogP contribution in [-0.2, 0) is 19.0 Å². The molecule has 2 aromatic rings. The molecule has 0 amide bonds. The molecule has 2 heterocycles. The van der Waals surface area contributed by atoms with E-state index in [1.807, 2.05) is 25.1 Å². The Morgan fingerprint density at radius 2 is 1.78 bits per heavy atom. The van der Waals surface area contributed by atoms with Crippen molar-refractivity contribution in [3.8, 4) is 11.6 Å². The Hall–Kier alpha value is -3.33. The lowest BCUT2D eigenvalue weighted by Gasteiger charge is -2.34. The van der Waals surface area contributed by atoms with E-state index in [4.69, 9.17) is 23.7 Å². The maximum Gasteiger partial charge on any atom is 0.340 e. The van der Waals surface area contributed by atoms with Crippen LogP contribution in [0, 0.1) is 5.92 Å². The number of benzene rings is 1. The molecule has 0 saturated carbocycles. The number of methoxy groups -OCH3 is 1. The first-order valence-corrected chi connectivity index (χ1v) is 12.9. The van der Waals surface area contributed by atoms with Crippen LogP contribution in [0.2, 0.25) is 0 Å². The quantitative estimate of drug-likeness (QED) is 0.356. The molecule has 1 aromatic heterocycles. The number of nitrogens with zero attached hydrogens (tertiary/aromatic N) is 2. The van der Waals surface area contributed by atoms with Gasteiger partial charge in [-0.05, 0) is 63.3 Å². The van der Waals surface area contributed by atoms with Crippen LogP contribution < -0.4 is 14.4 Å². The molecular formula is C28H38N2O7. The molecule has 0 radical (unpaired) electrons. The summed E-state index contributed by atoms with van der Waals surface area (Å²) in [6.07, 6.45) is 3.22. The molecule has 0 bridgehead atoms. The fraction of sp³-hybridized carbons (Fsp3) is 0.536. The van der Waals surface area contributed by atoms with E-state index in [1.165, 1.54) is 0 Å². The van der Waals surface area contributed by atoms with Gasteiger partial charge in [0.05, 0.1) is 50.7 Å². The number of piperidine rings is 1. The summed E-state index contributed by atoms with van der Waals surface area (Å²) in [4.78, 5) is 31.0. The molecule has 1 aliphatic rings. The molecule has 1 saturated heterocycles. The van der Waals surface area contributed by atoms with E-state index in [9.17, 15) is 9.59 Å². The van der Waals surface area contributed by atoms with Crippen molar-refractivity contribution < 1.29 is 33.3 Å². The third-order valence-corrected chi connectivity index (χ3v) is 6.28. The Balaban J connectivity index is 1.59. The van der Waals surface area contributed by atoms with E-state index < -0.39 is 6.10 Å². The SMILES string of the molecule is CCOC(=O)CC(OCC)c1ccnc(OCC2CCN(c3cc(OC)ccc3C(=O)OCC)CC2)c1. The van der Waals surface area contributed by atoms with Gasteiger partial charge >= 0.3 is 11.9 Å². The summed E-state index contributed by atoms with van der Waals surface area (Å²) in [5.74, 6) is 0.929. The highest BCUT2D eigenvalue weighted by Gasteiger charge is 2.25. The standard InChI is InChI=1S/C28H38N2O7/c1-5-34-25(18-27(31)35-6-2)21-10-13-29-26(16-21)37-19-20-11-14-30(15-12-20)24-17-22(33-4)8-9-23(24)28(32)36-7-3/h8-10,13,16-17,20,25H,5-7,11-12,14-15,18-19H2,1-4H3. The molecular weight excluding hydrogens is 476 g/mol. The first kappa shape index (κ1) is 28.2. The van der Waals surface area contributed by atoms with E-state index in [1.54, 1.807) is 39.3 Å². The topological polar surface area (TPSA) is 96.4 Å². The fourth-order valence-corrected chi connectivity index (χ4v) is 4.37. The zero-order valence-corrected chi connectivity index (χ0v) is 22.2. The lowest BCUT2D eigenvalue weighted by Crippen LogP contribution is -2.36. The Bertz CT molecular complexity index is 1020. The molecule has 1 aliphatic heterocycles. The van der Waals surface area contributed by atoms with Crippen molar-refractivity contribution in [2.45, 2.75) is 46.1 Å². The average molecular weight is 515 g/mol. The molecule has 0 spiro atoms. The van der Waals surface area contributed by atoms with Crippen molar-refractivity contribution in [1.29, 1.82) is 0 Å². The van der Waals surface area contributed by atoms with Gasteiger partial charge < -0.3 is 28.6 Å². The normalized spacial score (nSPS) is 14.6. The predicted octanol–water partition coefficient (Wildman–Crippen LogP) is 4.59. The van der Waals surface area contributed by atoms with Crippen molar-refractivity contribution in [3.05, 3.63) is 47.7 Å². The van der Waals surface area contributed by atoms with Gasteiger partial charge in [0.1, 0.15) is 5.75 Å². The summed E-state index contributed by atoms with van der Waals surface area (Å²) in [7, 11) is 1.61. The summed E-state index contributed by atoms with van der Waals surface area (Å²) >= 11 is 0. The summed E-state index contributed by atoms with van der Waals surface area (Å²) < 4.78 is 27.5. The molecule has 37 heavy (non-hydrogen) atoms. The first-order chi connectivity index (χ1) is 18.0. The maximum absolute atomic E-state index is 12.5. The second kappa shape index (κ2) is 14.4. The fourth-order valence-electron chi connectivity index (χ4n) is 4.37. The predicted molar refractivity (Wildman–Crippen MR) is 139 cm³/mol. The van der Waals surface area contributed by atoms with Crippen LogP contribution in [0.4, 0.5) is 5.69 Å². The average Bonchev–Trinajstić information content (AvgIpc) is 2.92. The minimum atomic E-state index is -0.408. The first-order valence-electron chi connectivity index (χ1n) is 12.9. The van der Waals surface area contributed by atoms with Gasteiger partial charge in [0.15, 0.2) is 0 Å². The van der Waals surface area contributed by atoms with Crippen LogP contribution in [-0.4, -0.2) is 63.5 Å². The number of hydrogen-bond acceptors (Lipinski definition) is 9. The van der Waals surface area contributed by atoms with Crippen LogP contribution in [0.3, 0.4) is 0 Å². The molecule has 9 nitrogen and oxygen atoms in total. The van der Waals surface area contributed by atoms with E-state index in [0.29, 0.717) is 49.5 Å². The number of anilines is 1. The Kier molecular flexibility index (Phi) is 11.0. The molecule has 1 fully saturated rings. The van der Waals surface area contributed by atoms with Crippen molar-refractivity contribution >= 4 is 17.6 Å². The number of pyridine rings is 1. The highest BCUT2D eigenvalue weighted by Crippen LogP contribution is 2.31. The van der Waals surface area contributed by atoms with Crippen LogP contribution in [0.25, 0.3) is 0 Å². The second-order valence-corrected chi connectivity index (χ2v) is 8.73. The Morgan fingerprint density at radius 1 is 1.03 bits per heavy atom. The minimum Gasteiger partial charge on any atom is -0.497 e. The van der Waals surface area contributed by atoms with Gasteiger partial charge in [0.25, 0.3) is 0 Å².